The van der Waals surface area contributed by atoms with Crippen LogP contribution in [-0.4, -0.2) is 99.4 Å². The lowest BCUT2D eigenvalue weighted by atomic mass is 9.85. The number of aliphatic hydroxyl groups is 1. The van der Waals surface area contributed by atoms with Gasteiger partial charge in [0.25, 0.3) is 5.91 Å². The van der Waals surface area contributed by atoms with Gasteiger partial charge in [0.05, 0.1) is 23.6 Å². The number of fused-ring (bicyclic) bond motifs is 2. The van der Waals surface area contributed by atoms with Gasteiger partial charge < -0.3 is 40.6 Å². The van der Waals surface area contributed by atoms with Crippen molar-refractivity contribution in [3.63, 3.8) is 0 Å². The van der Waals surface area contributed by atoms with E-state index in [1.54, 1.807) is 32.1 Å². The van der Waals surface area contributed by atoms with Gasteiger partial charge in [-0.05, 0) is 52.3 Å². The summed E-state index contributed by atoms with van der Waals surface area (Å²) in [4.78, 5) is 53.7. The normalized spacial score (nSPS) is 31.0. The van der Waals surface area contributed by atoms with Crippen LogP contribution in [0.2, 0.25) is 0 Å². The second kappa shape index (κ2) is 17.0. The Hall–Kier alpha value is -3.58. The lowest BCUT2D eigenvalue weighted by molar-refractivity contribution is -0.120. The number of hydrogen-bond donors (Lipinski definition) is 4. The van der Waals surface area contributed by atoms with Gasteiger partial charge in [-0.25, -0.2) is 4.79 Å². The summed E-state index contributed by atoms with van der Waals surface area (Å²) in [6.45, 7) is 8.09. The number of nitrogens with two attached hydrogens (primary N) is 1. The van der Waals surface area contributed by atoms with Crippen molar-refractivity contribution in [1.82, 2.24) is 15.5 Å². The highest BCUT2D eigenvalue weighted by atomic mass is 16.6. The molecular formula is C32H48N4O8. The van der Waals surface area contributed by atoms with Crippen LogP contribution in [0.25, 0.3) is 0 Å². The van der Waals surface area contributed by atoms with E-state index in [-0.39, 0.29) is 34.9 Å². The number of ether oxygens (including phenoxy) is 3. The van der Waals surface area contributed by atoms with Gasteiger partial charge >= 0.3 is 6.09 Å². The zero-order valence-corrected chi connectivity index (χ0v) is 27.0. The first kappa shape index (κ1) is 36.6. The van der Waals surface area contributed by atoms with Gasteiger partial charge in [0.2, 0.25) is 11.6 Å². The monoisotopic (exact) mass is 616 g/mol. The number of aliphatic hydroxyl groups excluding tert-OH is 1. The van der Waals surface area contributed by atoms with E-state index in [1.165, 1.54) is 20.3 Å². The Morgan fingerprint density at radius 2 is 1.84 bits per heavy atom. The maximum atomic E-state index is 13.7. The van der Waals surface area contributed by atoms with Gasteiger partial charge in [0.1, 0.15) is 6.10 Å². The van der Waals surface area contributed by atoms with E-state index in [0.29, 0.717) is 25.1 Å². The minimum Gasteiger partial charge on any atom is -0.439 e. The molecule has 0 fully saturated rings. The summed E-state index contributed by atoms with van der Waals surface area (Å²) in [6.07, 6.45) is 3.88. The van der Waals surface area contributed by atoms with E-state index >= 15 is 0 Å². The number of carbonyl (C=O) groups excluding carboxylic acids is 4. The number of allylic oxidation sites excluding steroid dienone is 4. The van der Waals surface area contributed by atoms with E-state index in [2.05, 4.69) is 10.6 Å². The summed E-state index contributed by atoms with van der Waals surface area (Å²) in [5.41, 5.74) is 6.55. The third kappa shape index (κ3) is 10.3. The maximum absolute atomic E-state index is 13.7. The molecule has 2 amide bonds. The molecule has 0 radical (unpaired) electrons. The van der Waals surface area contributed by atoms with Crippen LogP contribution >= 0.6 is 0 Å². The zero-order valence-electron chi connectivity index (χ0n) is 27.0. The van der Waals surface area contributed by atoms with Gasteiger partial charge in [0.15, 0.2) is 6.10 Å². The fourth-order valence-corrected chi connectivity index (χ4v) is 5.18. The number of ketones is 2. The number of likely N-dealkylation sites (N-methyl/N-ethyl adjacent to an activating group) is 1. The molecule has 44 heavy (non-hydrogen) atoms. The Bertz CT molecular complexity index is 1230. The molecule has 2 rings (SSSR count). The van der Waals surface area contributed by atoms with Gasteiger partial charge in [0, 0.05) is 50.4 Å². The molecule has 5 N–H and O–H groups in total. The van der Waals surface area contributed by atoms with Gasteiger partial charge in [-0.3, -0.25) is 14.4 Å². The summed E-state index contributed by atoms with van der Waals surface area (Å²) >= 11 is 0. The van der Waals surface area contributed by atoms with Crippen LogP contribution in [0.4, 0.5) is 4.79 Å². The van der Waals surface area contributed by atoms with Crippen molar-refractivity contribution in [2.75, 3.05) is 41.4 Å². The largest absolute Gasteiger partial charge is 0.439 e. The minimum atomic E-state index is -0.997. The van der Waals surface area contributed by atoms with Gasteiger partial charge in [-0.1, -0.05) is 38.2 Å². The molecule has 1 aliphatic carbocycles. The molecule has 12 heteroatoms. The lowest BCUT2D eigenvalue weighted by Crippen LogP contribution is -2.38. The molecule has 2 aliphatic rings. The highest BCUT2D eigenvalue weighted by Crippen LogP contribution is 2.28. The molecule has 1 heterocycles. The van der Waals surface area contributed by atoms with E-state index in [9.17, 15) is 24.3 Å². The fraction of sp³-hybridized carbons (Fsp3) is 0.562. The first-order valence-corrected chi connectivity index (χ1v) is 14.7. The molecule has 1 aliphatic heterocycles. The molecule has 0 aromatic rings. The quantitative estimate of drug-likeness (QED) is 0.245. The number of nitrogens with zero attached hydrogens (tertiary/aromatic N) is 1. The Balaban J connectivity index is 2.60. The fourth-order valence-electron chi connectivity index (χ4n) is 5.18. The molecule has 0 saturated carbocycles. The molecule has 0 aromatic heterocycles. The van der Waals surface area contributed by atoms with Crippen molar-refractivity contribution >= 4 is 23.6 Å². The smallest absolute Gasteiger partial charge is 0.405 e. The van der Waals surface area contributed by atoms with Crippen LogP contribution in [0, 0.1) is 11.8 Å². The average molecular weight is 617 g/mol. The Morgan fingerprint density at radius 1 is 1.16 bits per heavy atom. The van der Waals surface area contributed by atoms with E-state index in [0.717, 1.165) is 6.08 Å². The van der Waals surface area contributed by atoms with Crippen LogP contribution in [0.1, 0.15) is 40.5 Å². The first-order chi connectivity index (χ1) is 20.7. The van der Waals surface area contributed by atoms with E-state index in [1.807, 2.05) is 32.8 Å². The second-order valence-corrected chi connectivity index (χ2v) is 11.7. The number of nitrogens with one attached hydrogen (secondary N) is 2. The Morgan fingerprint density at radius 3 is 2.43 bits per heavy atom. The van der Waals surface area contributed by atoms with Crippen molar-refractivity contribution in [3.05, 3.63) is 58.5 Å². The summed E-state index contributed by atoms with van der Waals surface area (Å²) in [6, 6.07) is 0. The SMILES string of the molecule is CO[C@H]1C[C@@H](C)CC2=C(NCCN(C)C)C(=O)C=C(NC(=O)/C(C)=C\C=C\[C@@H](OC)[C@@H](OC(N)=O)/C(C)=C\[C@@H](C)[C@H]1O)C2=O. The van der Waals surface area contributed by atoms with Crippen molar-refractivity contribution in [3.8, 4) is 0 Å². The van der Waals surface area contributed by atoms with Crippen molar-refractivity contribution in [2.24, 2.45) is 17.6 Å². The molecule has 244 valence electrons. The van der Waals surface area contributed by atoms with Crippen LogP contribution in [0.3, 0.4) is 0 Å². The lowest BCUT2D eigenvalue weighted by Gasteiger charge is -2.30. The Kier molecular flexibility index (Phi) is 14.2. The molecule has 12 nitrogen and oxygen atoms in total. The molecular weight excluding hydrogens is 568 g/mol. The maximum Gasteiger partial charge on any atom is 0.405 e. The van der Waals surface area contributed by atoms with Crippen molar-refractivity contribution in [2.45, 2.75) is 65.0 Å². The predicted octanol–water partition coefficient (Wildman–Crippen LogP) is 1.91. The number of carbonyl (C=O) groups is 4. The van der Waals surface area contributed by atoms with Gasteiger partial charge in [-0.2, -0.15) is 0 Å². The highest BCUT2D eigenvalue weighted by molar-refractivity contribution is 6.23. The average Bonchev–Trinajstić information content (AvgIpc) is 2.95. The molecule has 0 saturated heterocycles. The van der Waals surface area contributed by atoms with E-state index in [4.69, 9.17) is 19.9 Å². The highest BCUT2D eigenvalue weighted by Gasteiger charge is 2.33. The molecule has 0 spiro atoms. The minimum absolute atomic E-state index is 0.114. The zero-order chi connectivity index (χ0) is 33.1. The van der Waals surface area contributed by atoms with Crippen LogP contribution in [0.5, 0.6) is 0 Å². The molecule has 0 unspecified atom stereocenters. The van der Waals surface area contributed by atoms with E-state index < -0.39 is 53.9 Å². The molecule has 2 bridgehead atoms. The summed E-state index contributed by atoms with van der Waals surface area (Å²) in [7, 11) is 6.74. The van der Waals surface area contributed by atoms with Crippen LogP contribution < -0.4 is 16.4 Å². The van der Waals surface area contributed by atoms with Crippen LogP contribution in [0.15, 0.2) is 58.5 Å². The Labute approximate surface area is 260 Å². The second-order valence-electron chi connectivity index (χ2n) is 11.7. The number of methoxy groups -OCH3 is 2. The van der Waals surface area contributed by atoms with Gasteiger partial charge in [-0.15, -0.1) is 0 Å². The molecule has 6 atom stereocenters. The standard InChI is InChI=1S/C32H48N4O8/c1-18-14-22-27(34-12-13-36(5)6)24(37)17-23(29(22)39)35-31(40)19(2)10-9-11-25(42-7)30(44-32(33)41)21(4)16-20(3)28(38)26(15-18)43-8/h9-11,16-18,20,25-26,28,30,34,38H,12-15H2,1-8H3,(H2,33,41)(H,35,40)/b11-9+,19-10-,21-16-/t18-,20+,25+,26-,28+,30-/m0/s1. The summed E-state index contributed by atoms with van der Waals surface area (Å²) < 4.78 is 16.6. The molecule has 0 aromatic carbocycles. The number of rotatable bonds is 7. The first-order valence-electron chi connectivity index (χ1n) is 14.7. The van der Waals surface area contributed by atoms with Crippen molar-refractivity contribution < 1.29 is 38.5 Å². The third-order valence-corrected chi connectivity index (χ3v) is 7.65. The summed E-state index contributed by atoms with van der Waals surface area (Å²) in [5, 5.41) is 17.0. The summed E-state index contributed by atoms with van der Waals surface area (Å²) in [5.74, 6) is -2.06. The van der Waals surface area contributed by atoms with Crippen LogP contribution in [-0.2, 0) is 28.6 Å². The number of Topliss-reactive ketones (excluding diaryl/α,β-unsaturated/α-hetero) is 1. The third-order valence-electron chi connectivity index (χ3n) is 7.65. The predicted molar refractivity (Wildman–Crippen MR) is 166 cm³/mol. The topological polar surface area (TPSA) is 170 Å². The number of primary amides is 1. The van der Waals surface area contributed by atoms with Crippen molar-refractivity contribution in [1.29, 1.82) is 0 Å². The number of amides is 2. The number of hydrogen-bond acceptors (Lipinski definition) is 10.